The first kappa shape index (κ1) is 43.7. The fraction of sp³-hybridized carbons (Fsp3) is 0.0227. The Labute approximate surface area is 353 Å². The van der Waals surface area contributed by atoms with Crippen molar-refractivity contribution < 1.29 is 17.4 Å². The van der Waals surface area contributed by atoms with Gasteiger partial charge in [-0.15, -0.1) is 0 Å². The van der Waals surface area contributed by atoms with Gasteiger partial charge in [0.25, 0.3) is 0 Å². The minimum atomic E-state index is -5.07. The van der Waals surface area contributed by atoms with Crippen LogP contribution in [0.25, 0.3) is 62.7 Å². The van der Waals surface area contributed by atoms with Gasteiger partial charge >= 0.3 is 5.82 Å². The van der Waals surface area contributed by atoms with Crippen molar-refractivity contribution in [2.75, 3.05) is 0 Å². The second-order valence-corrected chi connectivity index (χ2v) is 13.7. The van der Waals surface area contributed by atoms with Gasteiger partial charge in [-0.05, 0) is 66.1 Å². The van der Waals surface area contributed by atoms with E-state index < -0.39 is 58.3 Å². The minimum absolute atomic E-state index is 0.0650. The van der Waals surface area contributed by atoms with Gasteiger partial charge in [-0.25, -0.2) is 13.3 Å². The molecule has 0 bridgehead atoms. The summed E-state index contributed by atoms with van der Waals surface area (Å²) in [5.41, 5.74) is -2.74. The lowest BCUT2D eigenvalue weighted by atomic mass is 9.90. The van der Waals surface area contributed by atoms with E-state index in [9.17, 15) is 26.3 Å². The summed E-state index contributed by atoms with van der Waals surface area (Å²) in [6.45, 7) is 48.3. The Morgan fingerprint density at radius 1 is 0.607 bits per heavy atom. The van der Waals surface area contributed by atoms with E-state index >= 15 is 8.42 Å². The molecule has 0 saturated carbocycles. The van der Waals surface area contributed by atoms with Crippen molar-refractivity contribution >= 4 is 56.5 Å². The molecule has 0 heterocycles. The highest BCUT2D eigenvalue weighted by atomic mass is 32.2. The van der Waals surface area contributed by atoms with Crippen molar-refractivity contribution in [1.82, 2.24) is 0 Å². The van der Waals surface area contributed by atoms with Crippen LogP contribution in [-0.2, 0) is 22.4 Å². The third-order valence-electron chi connectivity index (χ3n) is 8.68. The van der Waals surface area contributed by atoms with E-state index in [-0.39, 0.29) is 61.9 Å². The van der Waals surface area contributed by atoms with E-state index in [0.29, 0.717) is 0 Å². The van der Waals surface area contributed by atoms with Gasteiger partial charge in [-0.2, -0.15) is 40.2 Å². The van der Waals surface area contributed by atoms with Crippen LogP contribution in [-0.4, -0.2) is 12.6 Å². The van der Waals surface area contributed by atoms with Gasteiger partial charge in [0.2, 0.25) is 9.84 Å². The summed E-state index contributed by atoms with van der Waals surface area (Å²) in [6.07, 6.45) is 0. The van der Waals surface area contributed by atoms with Gasteiger partial charge in [0, 0.05) is 16.3 Å². The molecule has 15 nitrogen and oxygen atoms in total. The van der Waals surface area contributed by atoms with Gasteiger partial charge in [0.15, 0.2) is 35.3 Å². The van der Waals surface area contributed by atoms with E-state index in [0.717, 1.165) is 24.3 Å². The first-order valence-corrected chi connectivity index (χ1v) is 18.1. The van der Waals surface area contributed by atoms with Crippen LogP contribution in [0.1, 0.15) is 22.3 Å². The van der Waals surface area contributed by atoms with E-state index in [4.69, 9.17) is 48.4 Å². The molecule has 0 aliphatic rings. The smallest absolute Gasteiger partial charge is 0.459 e. The zero-order chi connectivity index (χ0) is 45.0. The minimum Gasteiger partial charge on any atom is -0.459 e. The van der Waals surface area contributed by atoms with Crippen molar-refractivity contribution in [1.29, 1.82) is 26.3 Å². The Morgan fingerprint density at radius 3 is 1.66 bits per heavy atom. The first-order valence-electron chi connectivity index (χ1n) is 16.3. The van der Waals surface area contributed by atoms with Crippen LogP contribution in [0.15, 0.2) is 82.6 Å². The topological polar surface area (TPSA) is 206 Å². The standard InChI is InChI=1S/C44H15N11O3S.OS/c1-25-16-33(13-10-28(25)20-45)59(56,57)43-39(27-11-14-34(50-2)36(18-27)52-4)41(44(54-6)55-7)42(58-32-12-15-35(51-3)37(19-32)53-5)38(40(43)31(23-48)24-49)26-8-9-29(21-46)30(17-26)22-47;1-2/h8-19H,1H3;. The van der Waals surface area contributed by atoms with Crippen molar-refractivity contribution in [2.45, 2.75) is 16.7 Å². The summed E-state index contributed by atoms with van der Waals surface area (Å²) < 4.78 is 45.1. The molecule has 61 heavy (non-hydrogen) atoms. The first-order chi connectivity index (χ1) is 29.4. The predicted molar refractivity (Wildman–Crippen MR) is 218 cm³/mol. The van der Waals surface area contributed by atoms with Gasteiger partial charge < -0.3 is 4.74 Å². The molecule has 0 fully saturated rings. The Hall–Kier alpha value is -10.0. The molecule has 0 radical (unpaired) electrons. The molecule has 0 N–H and O–H groups in total. The summed E-state index contributed by atoms with van der Waals surface area (Å²) in [6, 6.07) is 23.6. The second kappa shape index (κ2) is 18.8. The molecule has 0 aromatic heterocycles. The number of nitriles is 5. The lowest BCUT2D eigenvalue weighted by Gasteiger charge is -2.21. The molecule has 17 heteroatoms. The maximum atomic E-state index is 15.4. The average molecular weight is 826 g/mol. The normalized spacial score (nSPS) is 9.48. The summed E-state index contributed by atoms with van der Waals surface area (Å²) in [5.74, 6) is -1.54. The number of rotatable bonds is 6. The zero-order valence-electron chi connectivity index (χ0n) is 30.8. The maximum Gasteiger partial charge on any atom is 0.531 e. The fourth-order valence-electron chi connectivity index (χ4n) is 6.02. The molecule has 0 amide bonds. The molecule has 282 valence electrons. The average Bonchev–Trinajstić information content (AvgIpc) is 3.29. The second-order valence-electron chi connectivity index (χ2n) is 11.8. The Morgan fingerprint density at radius 2 is 1.13 bits per heavy atom. The van der Waals surface area contributed by atoms with Gasteiger partial charge in [-0.3, -0.25) is 14.5 Å². The third kappa shape index (κ3) is 8.00. The van der Waals surface area contributed by atoms with Crippen LogP contribution in [0.4, 0.5) is 22.7 Å². The SMILES string of the molecule is O=S.[C-]#[N+]C([N+]#[C-])=c1c(Oc2ccc([N+]#[C-])c([N+]#[C-])c2)c(-c2ccc(C#N)c(C#N)c2)c(=C(C#N)C#N)c(S(=O)(=O)c2ccc(C#N)c(C)c2)c1-c1ccc([N+]#[C-])c([N+]#[C-])c1. The molecule has 0 unspecified atom stereocenters. The predicted octanol–water partition coefficient (Wildman–Crippen LogP) is 8.54. The molecule has 5 aromatic rings. The Balaban J connectivity index is 0.00000403. The maximum absolute atomic E-state index is 15.4. The monoisotopic (exact) mass is 825 g/mol. The summed E-state index contributed by atoms with van der Waals surface area (Å²) in [4.78, 5) is 19.0. The van der Waals surface area contributed by atoms with Crippen LogP contribution in [0.5, 0.6) is 11.5 Å². The Bertz CT molecular complexity index is 3470. The van der Waals surface area contributed by atoms with Crippen LogP contribution in [0.3, 0.4) is 0 Å². The molecule has 0 spiro atoms. The zero-order valence-corrected chi connectivity index (χ0v) is 32.4. The van der Waals surface area contributed by atoms with E-state index in [1.54, 1.807) is 12.1 Å². The fourth-order valence-corrected chi connectivity index (χ4v) is 7.80. The molecular formula is C44H15N11O4S2. The number of nitrogens with zero attached hydrogens (tertiary/aromatic N) is 11. The number of ether oxygens (including phenoxy) is 1. The number of hydrogen-bond donors (Lipinski definition) is 0. The number of hydrogen-bond acceptors (Lipinski definition) is 10. The quantitative estimate of drug-likeness (QED) is 0.149. The molecule has 0 saturated heterocycles. The Kier molecular flexibility index (Phi) is 13.4. The van der Waals surface area contributed by atoms with Crippen LogP contribution < -0.4 is 15.2 Å². The van der Waals surface area contributed by atoms with E-state index in [1.807, 2.05) is 18.2 Å². The lowest BCUT2D eigenvalue weighted by molar-refractivity contribution is 0.480. The molecule has 5 aromatic carbocycles. The van der Waals surface area contributed by atoms with Crippen molar-refractivity contribution in [2.24, 2.45) is 0 Å². The van der Waals surface area contributed by atoms with Crippen molar-refractivity contribution in [3.8, 4) is 64.1 Å². The summed E-state index contributed by atoms with van der Waals surface area (Å²) in [5, 5.41) is 49.4. The molecule has 0 aliphatic heterocycles. The van der Waals surface area contributed by atoms with Crippen molar-refractivity contribution in [3.05, 3.63) is 174 Å². The highest BCUT2D eigenvalue weighted by molar-refractivity contribution is 7.91. The van der Waals surface area contributed by atoms with E-state index in [1.165, 1.54) is 55.5 Å². The highest BCUT2D eigenvalue weighted by Crippen LogP contribution is 2.42. The highest BCUT2D eigenvalue weighted by Gasteiger charge is 2.35. The largest absolute Gasteiger partial charge is 0.531 e. The summed E-state index contributed by atoms with van der Waals surface area (Å²) >= 11 is 2.83. The molecule has 5 rings (SSSR count). The number of benzene rings is 5. The van der Waals surface area contributed by atoms with Crippen LogP contribution in [0, 0.1) is 103 Å². The molecular weight excluding hydrogens is 811 g/mol. The number of sulfone groups is 1. The van der Waals surface area contributed by atoms with E-state index in [2.05, 4.69) is 41.6 Å². The van der Waals surface area contributed by atoms with Crippen molar-refractivity contribution in [3.63, 3.8) is 0 Å². The lowest BCUT2D eigenvalue weighted by Crippen LogP contribution is -2.29. The third-order valence-corrected chi connectivity index (χ3v) is 10.5. The van der Waals surface area contributed by atoms with Gasteiger partial charge in [0.05, 0.1) is 58.8 Å². The molecule has 0 aliphatic carbocycles. The van der Waals surface area contributed by atoms with Crippen LogP contribution >= 0.6 is 0 Å². The molecule has 0 atom stereocenters. The van der Waals surface area contributed by atoms with Gasteiger partial charge in [-0.1, -0.05) is 30.3 Å². The van der Waals surface area contributed by atoms with Crippen LogP contribution in [0.2, 0.25) is 0 Å². The van der Waals surface area contributed by atoms with Gasteiger partial charge in [0.1, 0.15) is 59.7 Å². The number of aryl methyl sites for hydroxylation is 1. The summed E-state index contributed by atoms with van der Waals surface area (Å²) in [7, 11) is -5.07.